The molecule has 2 N–H and O–H groups in total. The number of hydrogen-bond acceptors (Lipinski definition) is 3. The molecule has 0 spiro atoms. The summed E-state index contributed by atoms with van der Waals surface area (Å²) in [5.41, 5.74) is 1.19. The predicted octanol–water partition coefficient (Wildman–Crippen LogP) is 2.40. The van der Waals surface area contributed by atoms with Crippen molar-refractivity contribution in [1.82, 2.24) is 10.6 Å². The van der Waals surface area contributed by atoms with E-state index < -0.39 is 0 Å². The van der Waals surface area contributed by atoms with E-state index in [2.05, 4.69) is 27.8 Å². The molecule has 5 nitrogen and oxygen atoms in total. The van der Waals surface area contributed by atoms with Gasteiger partial charge in [0.2, 0.25) is 0 Å². The number of nitrogens with one attached hydrogen (secondary N) is 2. The van der Waals surface area contributed by atoms with E-state index in [1.807, 2.05) is 19.1 Å². The highest BCUT2D eigenvalue weighted by atomic mass is 127. The fourth-order valence-electron chi connectivity index (χ4n) is 1.70. The normalized spacial score (nSPS) is 10.7. The van der Waals surface area contributed by atoms with Crippen molar-refractivity contribution in [1.29, 1.82) is 0 Å². The Kier molecular flexibility index (Phi) is 12.1. The summed E-state index contributed by atoms with van der Waals surface area (Å²) in [7, 11) is 3.48. The van der Waals surface area contributed by atoms with Crippen LogP contribution in [0.3, 0.4) is 0 Å². The van der Waals surface area contributed by atoms with E-state index in [-0.39, 0.29) is 24.0 Å². The third-order valence-electron chi connectivity index (χ3n) is 2.74. The van der Waals surface area contributed by atoms with Crippen molar-refractivity contribution < 1.29 is 9.47 Å². The molecule has 0 aliphatic heterocycles. The Morgan fingerprint density at radius 3 is 2.48 bits per heavy atom. The molecule has 0 saturated carbocycles. The third kappa shape index (κ3) is 8.77. The minimum atomic E-state index is 0. The average molecular weight is 407 g/mol. The van der Waals surface area contributed by atoms with E-state index in [0.717, 1.165) is 37.8 Å². The summed E-state index contributed by atoms with van der Waals surface area (Å²) in [6.45, 7) is 5.00. The van der Waals surface area contributed by atoms with Crippen molar-refractivity contribution in [2.45, 2.75) is 19.9 Å². The molecule has 0 saturated heterocycles. The highest BCUT2D eigenvalue weighted by Gasteiger charge is 1.98. The predicted molar refractivity (Wildman–Crippen MR) is 97.7 cm³/mol. The molecule has 1 aromatic rings. The van der Waals surface area contributed by atoms with Gasteiger partial charge in [-0.25, -0.2) is 0 Å². The Hall–Kier alpha value is -1.02. The quantitative estimate of drug-likeness (QED) is 0.301. The van der Waals surface area contributed by atoms with Crippen LogP contribution in [-0.2, 0) is 11.3 Å². The molecule has 0 fully saturated rings. The first-order chi connectivity index (χ1) is 9.80. The molecule has 0 amide bonds. The maximum absolute atomic E-state index is 5.42. The summed E-state index contributed by atoms with van der Waals surface area (Å²) in [5.74, 6) is 1.70. The molecule has 0 aromatic heterocycles. The lowest BCUT2D eigenvalue weighted by Gasteiger charge is -2.12. The molecular formula is C15H26IN3O2. The van der Waals surface area contributed by atoms with Gasteiger partial charge in [-0.05, 0) is 31.0 Å². The minimum absolute atomic E-state index is 0. The molecule has 6 heteroatoms. The van der Waals surface area contributed by atoms with Gasteiger partial charge in [0.1, 0.15) is 5.75 Å². The van der Waals surface area contributed by atoms with Gasteiger partial charge in [-0.3, -0.25) is 4.99 Å². The monoisotopic (exact) mass is 407 g/mol. The number of nitrogens with zero attached hydrogens (tertiary/aromatic N) is 1. The van der Waals surface area contributed by atoms with Crippen LogP contribution in [0.25, 0.3) is 0 Å². The van der Waals surface area contributed by atoms with E-state index in [1.54, 1.807) is 14.2 Å². The number of halogens is 1. The fourth-order valence-corrected chi connectivity index (χ4v) is 1.70. The number of methoxy groups -OCH3 is 1. The van der Waals surface area contributed by atoms with Crippen LogP contribution in [-0.4, -0.2) is 39.9 Å². The van der Waals surface area contributed by atoms with Gasteiger partial charge >= 0.3 is 0 Å². The van der Waals surface area contributed by atoms with Gasteiger partial charge in [0.15, 0.2) is 5.96 Å². The molecule has 0 aliphatic carbocycles. The third-order valence-corrected chi connectivity index (χ3v) is 2.74. The molecule has 0 atom stereocenters. The highest BCUT2D eigenvalue weighted by molar-refractivity contribution is 14.0. The van der Waals surface area contributed by atoms with Gasteiger partial charge in [0, 0.05) is 33.9 Å². The van der Waals surface area contributed by atoms with E-state index in [1.165, 1.54) is 5.56 Å². The van der Waals surface area contributed by atoms with E-state index in [9.17, 15) is 0 Å². The Morgan fingerprint density at radius 2 is 1.90 bits per heavy atom. The summed E-state index contributed by atoms with van der Waals surface area (Å²) >= 11 is 0. The number of hydrogen-bond donors (Lipinski definition) is 2. The van der Waals surface area contributed by atoms with E-state index in [0.29, 0.717) is 6.61 Å². The molecule has 0 heterocycles. The summed E-state index contributed by atoms with van der Waals surface area (Å²) in [6.07, 6.45) is 0.959. The number of ether oxygens (including phenoxy) is 2. The van der Waals surface area contributed by atoms with Crippen molar-refractivity contribution in [2.24, 2.45) is 4.99 Å². The van der Waals surface area contributed by atoms with Crippen LogP contribution in [0.5, 0.6) is 5.75 Å². The highest BCUT2D eigenvalue weighted by Crippen LogP contribution is 2.11. The lowest BCUT2D eigenvalue weighted by molar-refractivity contribution is 0.195. The second-order valence-corrected chi connectivity index (χ2v) is 4.28. The van der Waals surface area contributed by atoms with Crippen molar-refractivity contribution in [2.75, 3.05) is 33.9 Å². The lowest BCUT2D eigenvalue weighted by atomic mass is 10.2. The molecule has 120 valence electrons. The molecule has 1 rings (SSSR count). The largest absolute Gasteiger partial charge is 0.494 e. The van der Waals surface area contributed by atoms with Crippen molar-refractivity contribution in [3.05, 3.63) is 29.8 Å². The zero-order chi connectivity index (χ0) is 14.6. The van der Waals surface area contributed by atoms with Gasteiger partial charge in [-0.1, -0.05) is 12.1 Å². The van der Waals surface area contributed by atoms with Crippen LogP contribution in [0.1, 0.15) is 18.9 Å². The first-order valence-corrected chi connectivity index (χ1v) is 6.95. The van der Waals surface area contributed by atoms with Crippen LogP contribution in [0, 0.1) is 0 Å². The molecule has 21 heavy (non-hydrogen) atoms. The average Bonchev–Trinajstić information content (AvgIpc) is 2.48. The van der Waals surface area contributed by atoms with E-state index >= 15 is 0 Å². The molecular weight excluding hydrogens is 381 g/mol. The van der Waals surface area contributed by atoms with Gasteiger partial charge in [-0.15, -0.1) is 24.0 Å². The van der Waals surface area contributed by atoms with Crippen molar-refractivity contribution >= 4 is 29.9 Å². The summed E-state index contributed by atoms with van der Waals surface area (Å²) in [5, 5.41) is 6.51. The van der Waals surface area contributed by atoms with E-state index in [4.69, 9.17) is 9.47 Å². The van der Waals surface area contributed by atoms with Crippen LogP contribution in [0.4, 0.5) is 0 Å². The summed E-state index contributed by atoms with van der Waals surface area (Å²) in [6, 6.07) is 8.07. The number of rotatable bonds is 8. The van der Waals surface area contributed by atoms with Gasteiger partial charge in [0.25, 0.3) is 0 Å². The maximum atomic E-state index is 5.42. The molecule has 0 radical (unpaired) electrons. The Morgan fingerprint density at radius 1 is 1.19 bits per heavy atom. The zero-order valence-corrected chi connectivity index (χ0v) is 15.3. The SMILES string of the molecule is CCOc1ccc(CNC(=NC)NCCCOC)cc1.I. The minimum Gasteiger partial charge on any atom is -0.494 e. The molecule has 0 unspecified atom stereocenters. The zero-order valence-electron chi connectivity index (χ0n) is 13.0. The summed E-state index contributed by atoms with van der Waals surface area (Å²) < 4.78 is 10.4. The van der Waals surface area contributed by atoms with Gasteiger partial charge in [0.05, 0.1) is 6.61 Å². The van der Waals surface area contributed by atoms with Gasteiger partial charge in [-0.2, -0.15) is 0 Å². The van der Waals surface area contributed by atoms with Gasteiger partial charge < -0.3 is 20.1 Å². The number of benzene rings is 1. The Labute approximate surface area is 144 Å². The standard InChI is InChI=1S/C15H25N3O2.HI/c1-4-20-14-8-6-13(7-9-14)12-18-15(16-2)17-10-5-11-19-3;/h6-9H,4-5,10-12H2,1-3H3,(H2,16,17,18);1H. The summed E-state index contributed by atoms with van der Waals surface area (Å²) in [4.78, 5) is 4.18. The van der Waals surface area contributed by atoms with Crippen molar-refractivity contribution in [3.63, 3.8) is 0 Å². The molecule has 1 aromatic carbocycles. The molecule has 0 bridgehead atoms. The van der Waals surface area contributed by atoms with Crippen LogP contribution in [0.15, 0.2) is 29.3 Å². The van der Waals surface area contributed by atoms with Crippen LogP contribution >= 0.6 is 24.0 Å². The second kappa shape index (κ2) is 12.7. The Balaban J connectivity index is 0.00000400. The smallest absolute Gasteiger partial charge is 0.191 e. The topological polar surface area (TPSA) is 54.9 Å². The first-order valence-electron chi connectivity index (χ1n) is 6.95. The lowest BCUT2D eigenvalue weighted by Crippen LogP contribution is -2.37. The fraction of sp³-hybridized carbons (Fsp3) is 0.533. The Bertz CT molecular complexity index is 396. The maximum Gasteiger partial charge on any atom is 0.191 e. The number of guanidine groups is 1. The first kappa shape index (κ1) is 20.0. The van der Waals surface area contributed by atoms with Crippen LogP contribution in [0.2, 0.25) is 0 Å². The van der Waals surface area contributed by atoms with Crippen LogP contribution < -0.4 is 15.4 Å². The molecule has 0 aliphatic rings. The number of aliphatic imine (C=N–C) groups is 1. The second-order valence-electron chi connectivity index (χ2n) is 4.28. The van der Waals surface area contributed by atoms with Crippen molar-refractivity contribution in [3.8, 4) is 5.75 Å².